The van der Waals surface area contributed by atoms with Crippen LogP contribution in [0.2, 0.25) is 5.02 Å². The molecule has 0 aliphatic carbocycles. The van der Waals surface area contributed by atoms with Gasteiger partial charge >= 0.3 is 0 Å². The van der Waals surface area contributed by atoms with Gasteiger partial charge in [-0.25, -0.2) is 0 Å². The molecule has 1 atom stereocenters. The molecule has 1 saturated heterocycles. The van der Waals surface area contributed by atoms with E-state index >= 15 is 0 Å². The Morgan fingerprint density at radius 3 is 2.94 bits per heavy atom. The predicted octanol–water partition coefficient (Wildman–Crippen LogP) is 0.541. The lowest BCUT2D eigenvalue weighted by molar-refractivity contribution is -0.00891. The number of morpholine rings is 1. The molecule has 1 fully saturated rings. The van der Waals surface area contributed by atoms with Gasteiger partial charge in [0.1, 0.15) is 0 Å². The molecule has 0 saturated carbocycles. The molecule has 17 heavy (non-hydrogen) atoms. The summed E-state index contributed by atoms with van der Waals surface area (Å²) in [6, 6.07) is 0.273. The Hall–Kier alpha value is -0.620. The maximum Gasteiger partial charge on any atom is 0.0860 e. The number of ether oxygens (including phenoxy) is 1. The summed E-state index contributed by atoms with van der Waals surface area (Å²) >= 11 is 6.25. The summed E-state index contributed by atoms with van der Waals surface area (Å²) in [6.45, 7) is 5.65. The van der Waals surface area contributed by atoms with Crippen LogP contribution in [0.4, 0.5) is 0 Å². The van der Waals surface area contributed by atoms with Gasteiger partial charge < -0.3 is 10.5 Å². The van der Waals surface area contributed by atoms with Crippen molar-refractivity contribution >= 4 is 11.6 Å². The van der Waals surface area contributed by atoms with Gasteiger partial charge in [0, 0.05) is 32.7 Å². The first-order valence-electron chi connectivity index (χ1n) is 5.83. The van der Waals surface area contributed by atoms with E-state index in [2.05, 4.69) is 10.00 Å². The number of aryl methyl sites for hydroxylation is 2. The Kier molecular flexibility index (Phi) is 4.04. The van der Waals surface area contributed by atoms with Crippen LogP contribution in [0.5, 0.6) is 0 Å². The molecule has 1 aliphatic rings. The van der Waals surface area contributed by atoms with Crippen LogP contribution in [0.1, 0.15) is 11.4 Å². The van der Waals surface area contributed by atoms with Gasteiger partial charge in [-0.05, 0) is 6.92 Å². The van der Waals surface area contributed by atoms with Gasteiger partial charge in [0.25, 0.3) is 0 Å². The van der Waals surface area contributed by atoms with Crippen LogP contribution in [0.25, 0.3) is 0 Å². The van der Waals surface area contributed by atoms with E-state index in [9.17, 15) is 0 Å². The summed E-state index contributed by atoms with van der Waals surface area (Å²) in [5.41, 5.74) is 7.67. The number of rotatable bonds is 3. The second-order valence-electron chi connectivity index (χ2n) is 4.40. The molecule has 0 bridgehead atoms. The average Bonchev–Trinajstić information content (AvgIpc) is 2.57. The molecule has 6 heteroatoms. The second kappa shape index (κ2) is 5.35. The maximum absolute atomic E-state index is 6.25. The summed E-state index contributed by atoms with van der Waals surface area (Å²) in [5, 5.41) is 5.08. The SMILES string of the molecule is Cc1nn(C)c(CN2CCOCC2CN)c1Cl. The number of nitrogens with two attached hydrogens (primary N) is 1. The first-order valence-corrected chi connectivity index (χ1v) is 6.21. The lowest BCUT2D eigenvalue weighted by atomic mass is 10.2. The average molecular weight is 259 g/mol. The Morgan fingerprint density at radius 1 is 1.59 bits per heavy atom. The highest BCUT2D eigenvalue weighted by Gasteiger charge is 2.24. The third-order valence-corrected chi connectivity index (χ3v) is 3.73. The van der Waals surface area contributed by atoms with Crippen molar-refractivity contribution in [3.63, 3.8) is 0 Å². The molecule has 2 heterocycles. The summed E-state index contributed by atoms with van der Waals surface area (Å²) in [7, 11) is 1.92. The monoisotopic (exact) mass is 258 g/mol. The molecular formula is C11H19ClN4O. The topological polar surface area (TPSA) is 56.3 Å². The molecule has 1 aromatic heterocycles. The van der Waals surface area contributed by atoms with Gasteiger partial charge in [0.05, 0.1) is 29.6 Å². The number of halogens is 1. The largest absolute Gasteiger partial charge is 0.378 e. The van der Waals surface area contributed by atoms with Gasteiger partial charge in [-0.15, -0.1) is 0 Å². The molecule has 1 unspecified atom stereocenters. The number of aromatic nitrogens is 2. The Labute approximate surface area is 106 Å². The van der Waals surface area contributed by atoms with Gasteiger partial charge in [-0.1, -0.05) is 11.6 Å². The summed E-state index contributed by atoms with van der Waals surface area (Å²) in [6.07, 6.45) is 0. The fourth-order valence-corrected chi connectivity index (χ4v) is 2.38. The van der Waals surface area contributed by atoms with E-state index in [0.717, 1.165) is 36.1 Å². The lowest BCUT2D eigenvalue weighted by Gasteiger charge is -2.34. The van der Waals surface area contributed by atoms with Crippen molar-refractivity contribution in [2.75, 3.05) is 26.3 Å². The van der Waals surface area contributed by atoms with Crippen LogP contribution < -0.4 is 5.73 Å². The smallest absolute Gasteiger partial charge is 0.0860 e. The highest BCUT2D eigenvalue weighted by Crippen LogP contribution is 2.22. The highest BCUT2D eigenvalue weighted by molar-refractivity contribution is 6.31. The molecule has 0 radical (unpaired) electrons. The van der Waals surface area contributed by atoms with Crippen LogP contribution >= 0.6 is 11.6 Å². The van der Waals surface area contributed by atoms with Crippen LogP contribution in [-0.4, -0.2) is 47.0 Å². The molecule has 96 valence electrons. The molecule has 5 nitrogen and oxygen atoms in total. The Balaban J connectivity index is 2.13. The van der Waals surface area contributed by atoms with Crippen LogP contribution in [0.3, 0.4) is 0 Å². The molecule has 0 aromatic carbocycles. The second-order valence-corrected chi connectivity index (χ2v) is 4.78. The van der Waals surface area contributed by atoms with E-state index < -0.39 is 0 Å². The Bertz CT molecular complexity index is 393. The molecule has 0 spiro atoms. The van der Waals surface area contributed by atoms with E-state index in [1.54, 1.807) is 0 Å². The number of hydrogen-bond acceptors (Lipinski definition) is 4. The molecule has 2 rings (SSSR count). The summed E-state index contributed by atoms with van der Waals surface area (Å²) in [5.74, 6) is 0. The van der Waals surface area contributed by atoms with Crippen molar-refractivity contribution in [1.29, 1.82) is 0 Å². The van der Waals surface area contributed by atoms with Crippen LogP contribution in [0.15, 0.2) is 0 Å². The normalized spacial score (nSPS) is 22.0. The van der Waals surface area contributed by atoms with Crippen molar-refractivity contribution in [3.8, 4) is 0 Å². The van der Waals surface area contributed by atoms with Crippen LogP contribution in [0, 0.1) is 6.92 Å². The first-order chi connectivity index (χ1) is 8.13. The van der Waals surface area contributed by atoms with Crippen molar-refractivity contribution in [3.05, 3.63) is 16.4 Å². The quantitative estimate of drug-likeness (QED) is 0.860. The number of nitrogens with zero attached hydrogens (tertiary/aromatic N) is 3. The predicted molar refractivity (Wildman–Crippen MR) is 67.0 cm³/mol. The molecule has 2 N–H and O–H groups in total. The molecule has 0 amide bonds. The number of hydrogen-bond donors (Lipinski definition) is 1. The minimum absolute atomic E-state index is 0.273. The molecule has 1 aromatic rings. The lowest BCUT2D eigenvalue weighted by Crippen LogP contribution is -2.48. The highest BCUT2D eigenvalue weighted by atomic mass is 35.5. The summed E-state index contributed by atoms with van der Waals surface area (Å²) in [4.78, 5) is 2.31. The van der Waals surface area contributed by atoms with E-state index in [4.69, 9.17) is 22.1 Å². The zero-order valence-corrected chi connectivity index (χ0v) is 11.1. The fraction of sp³-hybridized carbons (Fsp3) is 0.727. The van der Waals surface area contributed by atoms with Gasteiger partial charge in [0.15, 0.2) is 0 Å². The minimum atomic E-state index is 0.273. The Morgan fingerprint density at radius 2 is 2.35 bits per heavy atom. The van der Waals surface area contributed by atoms with E-state index in [1.807, 2.05) is 18.7 Å². The fourth-order valence-electron chi connectivity index (χ4n) is 2.16. The standard InChI is InChI=1S/C11H19ClN4O/c1-8-11(12)10(15(2)14-8)6-16-3-4-17-7-9(16)5-13/h9H,3-7,13H2,1-2H3. The minimum Gasteiger partial charge on any atom is -0.378 e. The van der Waals surface area contributed by atoms with Crippen molar-refractivity contribution in [2.24, 2.45) is 12.8 Å². The molecular weight excluding hydrogens is 240 g/mol. The van der Waals surface area contributed by atoms with Gasteiger partial charge in [-0.2, -0.15) is 5.10 Å². The third kappa shape index (κ3) is 2.63. The van der Waals surface area contributed by atoms with E-state index in [-0.39, 0.29) is 6.04 Å². The van der Waals surface area contributed by atoms with Crippen molar-refractivity contribution in [1.82, 2.24) is 14.7 Å². The first kappa shape index (κ1) is 12.8. The molecule has 1 aliphatic heterocycles. The van der Waals surface area contributed by atoms with Gasteiger partial charge in [0.2, 0.25) is 0 Å². The summed E-state index contributed by atoms with van der Waals surface area (Å²) < 4.78 is 7.28. The van der Waals surface area contributed by atoms with Gasteiger partial charge in [-0.3, -0.25) is 9.58 Å². The van der Waals surface area contributed by atoms with Crippen molar-refractivity contribution < 1.29 is 4.74 Å². The van der Waals surface area contributed by atoms with Crippen molar-refractivity contribution in [2.45, 2.75) is 19.5 Å². The zero-order valence-electron chi connectivity index (χ0n) is 10.3. The zero-order chi connectivity index (χ0) is 12.4. The van der Waals surface area contributed by atoms with E-state index in [1.165, 1.54) is 0 Å². The van der Waals surface area contributed by atoms with Crippen LogP contribution in [-0.2, 0) is 18.3 Å². The maximum atomic E-state index is 6.25. The van der Waals surface area contributed by atoms with E-state index in [0.29, 0.717) is 13.2 Å². The third-order valence-electron chi connectivity index (χ3n) is 3.24.